The second-order valence-electron chi connectivity index (χ2n) is 9.86. The summed E-state index contributed by atoms with van der Waals surface area (Å²) in [5.41, 5.74) is 2.75. The van der Waals surface area contributed by atoms with Crippen molar-refractivity contribution in [1.29, 1.82) is 0 Å². The predicted molar refractivity (Wildman–Crippen MR) is 140 cm³/mol. The molecule has 1 amide bonds. The van der Waals surface area contributed by atoms with Crippen LogP contribution in [-0.2, 0) is 14.3 Å². The normalized spacial score (nSPS) is 19.8. The molecule has 1 fully saturated rings. The van der Waals surface area contributed by atoms with Gasteiger partial charge in [0, 0.05) is 10.2 Å². The largest absolute Gasteiger partial charge is 0.458 e. The van der Waals surface area contributed by atoms with Gasteiger partial charge in [0.15, 0.2) is 6.61 Å². The van der Waals surface area contributed by atoms with E-state index >= 15 is 0 Å². The predicted octanol–water partition coefficient (Wildman–Crippen LogP) is 6.48. The molecular weight excluding hydrogens is 510 g/mol. The van der Waals surface area contributed by atoms with Gasteiger partial charge in [0.05, 0.1) is 11.1 Å². The number of nitrogens with one attached hydrogen (secondary N) is 1. The first-order valence-corrected chi connectivity index (χ1v) is 12.9. The summed E-state index contributed by atoms with van der Waals surface area (Å²) in [5.74, 6) is -0.554. The van der Waals surface area contributed by atoms with E-state index in [0.717, 1.165) is 34.9 Å². The highest BCUT2D eigenvalue weighted by atomic mass is 79.9. The molecule has 3 rings (SSSR count). The molecule has 1 saturated carbocycles. The summed E-state index contributed by atoms with van der Waals surface area (Å²) in [4.78, 5) is 38.3. The lowest BCUT2D eigenvalue weighted by Gasteiger charge is -2.36. The zero-order valence-electron chi connectivity index (χ0n) is 21.0. The molecule has 0 saturated heterocycles. The van der Waals surface area contributed by atoms with Crippen molar-refractivity contribution in [3.8, 4) is 0 Å². The van der Waals surface area contributed by atoms with Gasteiger partial charge in [0.1, 0.15) is 6.10 Å². The second kappa shape index (κ2) is 11.8. The Morgan fingerprint density at radius 1 is 1.03 bits per heavy atom. The molecule has 2 aromatic carbocycles. The quantitative estimate of drug-likeness (QED) is 0.404. The van der Waals surface area contributed by atoms with Crippen molar-refractivity contribution in [2.24, 2.45) is 17.8 Å². The summed E-state index contributed by atoms with van der Waals surface area (Å²) in [7, 11) is 0. The van der Waals surface area contributed by atoms with Crippen LogP contribution in [0.2, 0.25) is 0 Å². The highest BCUT2D eigenvalue weighted by Gasteiger charge is 2.34. The van der Waals surface area contributed by atoms with E-state index in [4.69, 9.17) is 9.47 Å². The molecule has 0 spiro atoms. The third kappa shape index (κ3) is 6.94. The molecule has 0 heterocycles. The van der Waals surface area contributed by atoms with Crippen LogP contribution in [0.1, 0.15) is 71.9 Å². The lowest BCUT2D eigenvalue weighted by atomic mass is 9.75. The van der Waals surface area contributed by atoms with E-state index in [1.807, 2.05) is 26.0 Å². The minimum absolute atomic E-state index is 0.0888. The number of halogens is 1. The number of hydrogen-bond donors (Lipinski definition) is 1. The molecule has 0 unspecified atom stereocenters. The summed E-state index contributed by atoms with van der Waals surface area (Å²) in [5, 5.41) is 2.77. The zero-order chi connectivity index (χ0) is 25.7. The van der Waals surface area contributed by atoms with Gasteiger partial charge in [-0.2, -0.15) is 0 Å². The van der Waals surface area contributed by atoms with Crippen molar-refractivity contribution in [3.63, 3.8) is 0 Å². The van der Waals surface area contributed by atoms with Crippen LogP contribution < -0.4 is 5.32 Å². The van der Waals surface area contributed by atoms with Gasteiger partial charge in [-0.3, -0.25) is 4.79 Å². The van der Waals surface area contributed by atoms with Gasteiger partial charge in [0.25, 0.3) is 5.91 Å². The van der Waals surface area contributed by atoms with Crippen LogP contribution in [0.3, 0.4) is 0 Å². The fourth-order valence-electron chi connectivity index (χ4n) is 4.60. The third-order valence-electron chi connectivity index (χ3n) is 6.70. The molecule has 1 aliphatic carbocycles. The highest BCUT2D eigenvalue weighted by Crippen LogP contribution is 2.36. The maximum Gasteiger partial charge on any atom is 0.339 e. The first-order valence-electron chi connectivity index (χ1n) is 12.1. The van der Waals surface area contributed by atoms with E-state index < -0.39 is 24.5 Å². The minimum atomic E-state index is -0.742. The molecular formula is C28H34BrNO5. The highest BCUT2D eigenvalue weighted by molar-refractivity contribution is 9.10. The maximum atomic E-state index is 13.1. The van der Waals surface area contributed by atoms with Crippen LogP contribution in [0.5, 0.6) is 0 Å². The van der Waals surface area contributed by atoms with Crippen LogP contribution in [0.15, 0.2) is 40.9 Å². The zero-order valence-corrected chi connectivity index (χ0v) is 22.6. The fourth-order valence-corrected chi connectivity index (χ4v) is 5.06. The lowest BCUT2D eigenvalue weighted by molar-refractivity contribution is -0.119. The Balaban J connectivity index is 1.65. The molecule has 3 atom stereocenters. The van der Waals surface area contributed by atoms with E-state index in [1.54, 1.807) is 18.2 Å². The van der Waals surface area contributed by atoms with Crippen LogP contribution in [0, 0.1) is 31.6 Å². The molecule has 0 aliphatic heterocycles. The molecule has 35 heavy (non-hydrogen) atoms. The standard InChI is InChI=1S/C28H34BrNO5/c1-16(2)20-11-10-17(3)12-25(20)35-28(33)22-9-7-6-8-21(22)27(32)34-15-26(31)30-24-14-18(4)23(29)13-19(24)5/h6-9,13-14,16-17,20,25H,10-12,15H2,1-5H3,(H,30,31)/t17-,20+,25+/m0/s1. The van der Waals surface area contributed by atoms with Gasteiger partial charge in [-0.05, 0) is 79.8 Å². The average Bonchev–Trinajstić information content (AvgIpc) is 2.80. The Labute approximate surface area is 215 Å². The number of benzene rings is 2. The summed E-state index contributed by atoms with van der Waals surface area (Å²) < 4.78 is 12.1. The van der Waals surface area contributed by atoms with Gasteiger partial charge in [-0.25, -0.2) is 9.59 Å². The van der Waals surface area contributed by atoms with Gasteiger partial charge in [-0.15, -0.1) is 0 Å². The van der Waals surface area contributed by atoms with E-state index in [-0.39, 0.29) is 17.2 Å². The molecule has 1 N–H and O–H groups in total. The summed E-state index contributed by atoms with van der Waals surface area (Å²) >= 11 is 3.46. The number of ether oxygens (including phenoxy) is 2. The van der Waals surface area contributed by atoms with Gasteiger partial charge < -0.3 is 14.8 Å². The number of carbonyl (C=O) groups excluding carboxylic acids is 3. The average molecular weight is 544 g/mol. The fraction of sp³-hybridized carbons (Fsp3) is 0.464. The first kappa shape index (κ1) is 26.9. The van der Waals surface area contributed by atoms with E-state index in [1.165, 1.54) is 6.07 Å². The number of hydrogen-bond acceptors (Lipinski definition) is 5. The molecule has 188 valence electrons. The number of aryl methyl sites for hydroxylation is 2. The minimum Gasteiger partial charge on any atom is -0.458 e. The monoisotopic (exact) mass is 543 g/mol. The number of anilines is 1. The molecule has 6 nitrogen and oxygen atoms in total. The number of rotatable bonds is 7. The van der Waals surface area contributed by atoms with Crippen molar-refractivity contribution < 1.29 is 23.9 Å². The second-order valence-corrected chi connectivity index (χ2v) is 10.7. The number of amides is 1. The SMILES string of the molecule is Cc1cc(NC(=O)COC(=O)c2ccccc2C(=O)O[C@@H]2C[C@@H](C)CC[C@@H]2C(C)C)c(C)cc1Br. The van der Waals surface area contributed by atoms with Crippen LogP contribution >= 0.6 is 15.9 Å². The molecule has 2 aromatic rings. The Hall–Kier alpha value is -2.67. The molecule has 0 bridgehead atoms. The summed E-state index contributed by atoms with van der Waals surface area (Å²) in [6.07, 6.45) is 2.78. The van der Waals surface area contributed by atoms with E-state index in [0.29, 0.717) is 23.4 Å². The Kier molecular flexibility index (Phi) is 9.11. The number of carbonyl (C=O) groups is 3. The summed E-state index contributed by atoms with van der Waals surface area (Å²) in [6.45, 7) is 9.80. The third-order valence-corrected chi connectivity index (χ3v) is 7.56. The Morgan fingerprint density at radius 2 is 1.69 bits per heavy atom. The van der Waals surface area contributed by atoms with E-state index in [9.17, 15) is 14.4 Å². The summed E-state index contributed by atoms with van der Waals surface area (Å²) in [6, 6.07) is 10.2. The lowest BCUT2D eigenvalue weighted by Crippen LogP contribution is -2.36. The van der Waals surface area contributed by atoms with Crippen LogP contribution in [0.4, 0.5) is 5.69 Å². The van der Waals surface area contributed by atoms with Gasteiger partial charge in [0.2, 0.25) is 0 Å². The van der Waals surface area contributed by atoms with E-state index in [2.05, 4.69) is 42.0 Å². The maximum absolute atomic E-state index is 13.1. The molecule has 1 aliphatic rings. The Bertz CT molecular complexity index is 1100. The van der Waals surface area contributed by atoms with Crippen molar-refractivity contribution in [1.82, 2.24) is 0 Å². The van der Waals surface area contributed by atoms with Crippen LogP contribution in [0.25, 0.3) is 0 Å². The molecule has 0 radical (unpaired) electrons. The van der Waals surface area contributed by atoms with Crippen molar-refractivity contribution in [2.45, 2.75) is 60.0 Å². The Morgan fingerprint density at radius 3 is 2.34 bits per heavy atom. The topological polar surface area (TPSA) is 81.7 Å². The van der Waals surface area contributed by atoms with Crippen molar-refractivity contribution in [3.05, 3.63) is 63.1 Å². The van der Waals surface area contributed by atoms with Crippen molar-refractivity contribution in [2.75, 3.05) is 11.9 Å². The van der Waals surface area contributed by atoms with Gasteiger partial charge >= 0.3 is 11.9 Å². The first-order chi connectivity index (χ1) is 16.6. The number of esters is 2. The van der Waals surface area contributed by atoms with Gasteiger partial charge in [-0.1, -0.05) is 55.3 Å². The molecule has 0 aromatic heterocycles. The molecule has 7 heteroatoms. The van der Waals surface area contributed by atoms with Crippen molar-refractivity contribution >= 4 is 39.5 Å². The van der Waals surface area contributed by atoms with Crippen LogP contribution in [-0.4, -0.2) is 30.6 Å². The smallest absolute Gasteiger partial charge is 0.339 e.